The van der Waals surface area contributed by atoms with Crippen LogP contribution in [0.2, 0.25) is 0 Å². The average molecular weight is 393 g/mol. The van der Waals surface area contributed by atoms with E-state index < -0.39 is 6.43 Å². The third kappa shape index (κ3) is 3.59. The number of nitrogens with zero attached hydrogens (tertiary/aromatic N) is 5. The van der Waals surface area contributed by atoms with Crippen LogP contribution in [0.4, 0.5) is 14.5 Å². The number of aromatic nitrogens is 2. The van der Waals surface area contributed by atoms with Crippen LogP contribution in [0.25, 0.3) is 0 Å². The Morgan fingerprint density at radius 1 is 1.38 bits per heavy atom. The van der Waals surface area contributed by atoms with E-state index in [4.69, 9.17) is 0 Å². The molecule has 1 aromatic carbocycles. The molecule has 0 radical (unpaired) electrons. The van der Waals surface area contributed by atoms with Crippen LogP contribution in [0.15, 0.2) is 39.2 Å². The van der Waals surface area contributed by atoms with Crippen molar-refractivity contribution in [2.45, 2.75) is 17.1 Å². The number of hydrogen-bond donors (Lipinski definition) is 0. The minimum absolute atomic E-state index is 0.177. The van der Waals surface area contributed by atoms with E-state index >= 15 is 0 Å². The van der Waals surface area contributed by atoms with E-state index in [1.54, 1.807) is 25.3 Å². The van der Waals surface area contributed by atoms with E-state index in [1.165, 1.54) is 46.4 Å². The van der Waals surface area contributed by atoms with Crippen LogP contribution >= 0.6 is 23.5 Å². The van der Waals surface area contributed by atoms with Gasteiger partial charge in [0.15, 0.2) is 4.38 Å². The molecule has 0 saturated heterocycles. The molecule has 0 unspecified atom stereocenters. The lowest BCUT2D eigenvalue weighted by atomic mass is 10.1. The van der Waals surface area contributed by atoms with Crippen molar-refractivity contribution in [2.24, 2.45) is 12.1 Å². The molecular formula is C16H13F2N5OS2. The number of thioether (sulfide) groups is 2. The Hall–Kier alpha value is -2.38. The molecule has 0 spiro atoms. The van der Waals surface area contributed by atoms with Crippen molar-refractivity contribution < 1.29 is 8.78 Å². The van der Waals surface area contributed by atoms with E-state index in [0.717, 1.165) is 0 Å². The van der Waals surface area contributed by atoms with Gasteiger partial charge in [0.25, 0.3) is 12.0 Å². The summed E-state index contributed by atoms with van der Waals surface area (Å²) in [5, 5.41) is 19.2. The van der Waals surface area contributed by atoms with Gasteiger partial charge in [-0.2, -0.15) is 15.5 Å². The Bertz CT molecular complexity index is 984. The van der Waals surface area contributed by atoms with E-state index in [-0.39, 0.29) is 16.7 Å². The van der Waals surface area contributed by atoms with Crippen molar-refractivity contribution >= 4 is 33.6 Å². The molecule has 1 aliphatic heterocycles. The van der Waals surface area contributed by atoms with E-state index in [0.29, 0.717) is 26.3 Å². The highest BCUT2D eigenvalue weighted by atomic mass is 32.2. The predicted molar refractivity (Wildman–Crippen MR) is 98.6 cm³/mol. The zero-order valence-corrected chi connectivity index (χ0v) is 15.4. The summed E-state index contributed by atoms with van der Waals surface area (Å²) < 4.78 is 27.4. The Balaban J connectivity index is 1.80. The van der Waals surface area contributed by atoms with Crippen molar-refractivity contribution in [3.63, 3.8) is 0 Å². The Morgan fingerprint density at radius 3 is 2.85 bits per heavy atom. The summed E-state index contributed by atoms with van der Waals surface area (Å²) in [5.74, 6) is 0.382. The smallest absolute Gasteiger partial charge is 0.266 e. The molecule has 1 aliphatic rings. The first-order chi connectivity index (χ1) is 12.4. The maximum absolute atomic E-state index is 12.8. The number of anilines is 1. The molecule has 0 saturated carbocycles. The molecule has 0 amide bonds. The average Bonchev–Trinajstić information content (AvgIpc) is 2.63. The molecule has 0 aliphatic carbocycles. The van der Waals surface area contributed by atoms with Gasteiger partial charge in [-0.25, -0.2) is 13.5 Å². The lowest BCUT2D eigenvalue weighted by Gasteiger charge is -2.22. The largest absolute Gasteiger partial charge is 0.282 e. The SMILES string of the molecule is CN1N=C(SCc2ccc(C(F)F)cc2C#N)Sc2c1cnn(C)c2=O. The maximum Gasteiger partial charge on any atom is 0.282 e. The summed E-state index contributed by atoms with van der Waals surface area (Å²) in [6.45, 7) is 0. The molecule has 0 atom stereocenters. The van der Waals surface area contributed by atoms with Gasteiger partial charge in [-0.1, -0.05) is 35.7 Å². The number of nitriles is 1. The number of benzene rings is 1. The zero-order valence-electron chi connectivity index (χ0n) is 13.8. The van der Waals surface area contributed by atoms with Crippen molar-refractivity contribution in [1.29, 1.82) is 5.26 Å². The summed E-state index contributed by atoms with van der Waals surface area (Å²) in [6.07, 6.45) is -1.04. The Morgan fingerprint density at radius 2 is 2.15 bits per heavy atom. The molecule has 3 rings (SSSR count). The maximum atomic E-state index is 12.8. The molecule has 2 aromatic rings. The van der Waals surface area contributed by atoms with Crippen LogP contribution in [-0.4, -0.2) is 21.2 Å². The molecule has 6 nitrogen and oxygen atoms in total. The lowest BCUT2D eigenvalue weighted by Crippen LogP contribution is -2.27. The topological polar surface area (TPSA) is 74.3 Å². The molecule has 0 fully saturated rings. The van der Waals surface area contributed by atoms with Crippen molar-refractivity contribution in [3.8, 4) is 6.07 Å². The molecule has 26 heavy (non-hydrogen) atoms. The minimum Gasteiger partial charge on any atom is -0.266 e. The van der Waals surface area contributed by atoms with Crippen LogP contribution < -0.4 is 10.6 Å². The fourth-order valence-electron chi connectivity index (χ4n) is 2.28. The van der Waals surface area contributed by atoms with Gasteiger partial charge in [-0.05, 0) is 11.6 Å². The third-order valence-corrected chi connectivity index (χ3v) is 5.93. The van der Waals surface area contributed by atoms with Crippen LogP contribution in [-0.2, 0) is 12.8 Å². The molecule has 2 heterocycles. The number of halogens is 2. The number of rotatable bonds is 3. The van der Waals surface area contributed by atoms with Gasteiger partial charge in [0, 0.05) is 25.4 Å². The van der Waals surface area contributed by atoms with Crippen LogP contribution in [0.5, 0.6) is 0 Å². The molecule has 0 bridgehead atoms. The van der Waals surface area contributed by atoms with Crippen LogP contribution in [0.3, 0.4) is 0 Å². The summed E-state index contributed by atoms with van der Waals surface area (Å²) >= 11 is 2.58. The van der Waals surface area contributed by atoms with Crippen molar-refractivity contribution in [1.82, 2.24) is 9.78 Å². The van der Waals surface area contributed by atoms with E-state index in [1.807, 2.05) is 6.07 Å². The Kier molecular flexibility index (Phi) is 5.29. The highest BCUT2D eigenvalue weighted by Gasteiger charge is 2.22. The zero-order chi connectivity index (χ0) is 18.8. The summed E-state index contributed by atoms with van der Waals surface area (Å²) in [7, 11) is 3.30. The molecule has 10 heteroatoms. The van der Waals surface area contributed by atoms with Crippen LogP contribution in [0, 0.1) is 11.3 Å². The Labute approximate surface area is 156 Å². The first-order valence-corrected chi connectivity index (χ1v) is 9.21. The predicted octanol–water partition coefficient (Wildman–Crippen LogP) is 3.34. The van der Waals surface area contributed by atoms with Gasteiger partial charge in [0.05, 0.1) is 23.5 Å². The first kappa shape index (κ1) is 18.4. The normalized spacial score (nSPS) is 13.4. The first-order valence-electron chi connectivity index (χ1n) is 7.41. The number of alkyl halides is 2. The number of fused-ring (bicyclic) bond motifs is 1. The lowest BCUT2D eigenvalue weighted by molar-refractivity contribution is 0.151. The van der Waals surface area contributed by atoms with Gasteiger partial charge in [0.1, 0.15) is 4.90 Å². The number of aryl methyl sites for hydroxylation is 1. The fourth-order valence-corrected chi connectivity index (χ4v) is 4.50. The van der Waals surface area contributed by atoms with E-state index in [9.17, 15) is 18.8 Å². The van der Waals surface area contributed by atoms with Crippen molar-refractivity contribution in [3.05, 3.63) is 51.4 Å². The third-order valence-electron chi connectivity index (χ3n) is 3.70. The summed E-state index contributed by atoms with van der Waals surface area (Å²) in [4.78, 5) is 12.8. The second-order valence-electron chi connectivity index (χ2n) is 5.40. The highest BCUT2D eigenvalue weighted by Crippen LogP contribution is 2.36. The second kappa shape index (κ2) is 7.47. The summed E-state index contributed by atoms with van der Waals surface area (Å²) in [5.41, 5.74) is 1.09. The molecule has 134 valence electrons. The van der Waals surface area contributed by atoms with Crippen LogP contribution in [0.1, 0.15) is 23.1 Å². The quantitative estimate of drug-likeness (QED) is 0.796. The highest BCUT2D eigenvalue weighted by molar-refractivity contribution is 8.38. The van der Waals surface area contributed by atoms with Gasteiger partial charge < -0.3 is 0 Å². The van der Waals surface area contributed by atoms with Crippen molar-refractivity contribution in [2.75, 3.05) is 12.1 Å². The number of hydrogen-bond acceptors (Lipinski definition) is 7. The standard InChI is InChI=1S/C16H13F2N5OS2/c1-22-12-7-20-23(2)15(24)13(12)26-16(21-22)25-8-10-4-3-9(14(17)18)5-11(10)6-19/h3-5,7,14H,8H2,1-2H3. The molecule has 1 aromatic heterocycles. The molecular weight excluding hydrogens is 380 g/mol. The minimum atomic E-state index is -2.61. The van der Waals surface area contributed by atoms with Gasteiger partial charge in [-0.3, -0.25) is 9.80 Å². The number of hydrazone groups is 1. The van der Waals surface area contributed by atoms with Gasteiger partial charge >= 0.3 is 0 Å². The fraction of sp³-hybridized carbons (Fsp3) is 0.250. The monoisotopic (exact) mass is 393 g/mol. The van der Waals surface area contributed by atoms with Gasteiger partial charge in [-0.15, -0.1) is 0 Å². The summed E-state index contributed by atoms with van der Waals surface area (Å²) in [6, 6.07) is 6.01. The van der Waals surface area contributed by atoms with E-state index in [2.05, 4.69) is 10.2 Å². The van der Waals surface area contributed by atoms with Gasteiger partial charge in [0.2, 0.25) is 0 Å². The molecule has 0 N–H and O–H groups in total. The second-order valence-corrected chi connectivity index (χ2v) is 7.62.